The van der Waals surface area contributed by atoms with E-state index in [-0.39, 0.29) is 4.90 Å². The third-order valence-corrected chi connectivity index (χ3v) is 6.24. The summed E-state index contributed by atoms with van der Waals surface area (Å²) in [6.45, 7) is 5.58. The SMILES string of the molecule is CCNCc1cc(S(=O)(=O)NCC2CCSCC2)c(C)o1. The summed E-state index contributed by atoms with van der Waals surface area (Å²) in [6.07, 6.45) is 2.17. The maximum Gasteiger partial charge on any atom is 0.244 e. The summed E-state index contributed by atoms with van der Waals surface area (Å²) >= 11 is 1.94. The lowest BCUT2D eigenvalue weighted by molar-refractivity contribution is 0.458. The van der Waals surface area contributed by atoms with E-state index < -0.39 is 10.0 Å². The molecule has 1 aromatic rings. The fourth-order valence-electron chi connectivity index (χ4n) is 2.38. The van der Waals surface area contributed by atoms with Gasteiger partial charge in [0.25, 0.3) is 0 Å². The lowest BCUT2D eigenvalue weighted by atomic mass is 10.0. The summed E-state index contributed by atoms with van der Waals surface area (Å²) in [6, 6.07) is 1.62. The molecule has 0 aliphatic carbocycles. The van der Waals surface area contributed by atoms with Crippen molar-refractivity contribution in [2.75, 3.05) is 24.6 Å². The molecule has 2 heterocycles. The maximum absolute atomic E-state index is 12.4. The molecule has 0 radical (unpaired) electrons. The standard InChI is InChI=1S/C14H24N2O3S2/c1-3-15-10-13-8-14(11(2)19-13)21(17,18)16-9-12-4-6-20-7-5-12/h8,12,15-16H,3-7,9-10H2,1-2H3. The predicted octanol–water partition coefficient (Wildman–Crippen LogP) is 2.12. The van der Waals surface area contributed by atoms with Gasteiger partial charge in [-0.05, 0) is 43.7 Å². The Labute approximate surface area is 131 Å². The highest BCUT2D eigenvalue weighted by Crippen LogP contribution is 2.24. The number of nitrogens with one attached hydrogen (secondary N) is 2. The van der Waals surface area contributed by atoms with Crippen LogP contribution in [0.15, 0.2) is 15.4 Å². The van der Waals surface area contributed by atoms with Crippen molar-refractivity contribution >= 4 is 21.8 Å². The van der Waals surface area contributed by atoms with Gasteiger partial charge in [-0.2, -0.15) is 11.8 Å². The van der Waals surface area contributed by atoms with Gasteiger partial charge in [0.1, 0.15) is 16.4 Å². The molecule has 1 fully saturated rings. The minimum atomic E-state index is -3.47. The van der Waals surface area contributed by atoms with E-state index in [2.05, 4.69) is 10.0 Å². The van der Waals surface area contributed by atoms with Crippen molar-refractivity contribution in [3.05, 3.63) is 17.6 Å². The average Bonchev–Trinajstić information content (AvgIpc) is 2.86. The highest BCUT2D eigenvalue weighted by Gasteiger charge is 2.23. The van der Waals surface area contributed by atoms with Crippen LogP contribution < -0.4 is 10.0 Å². The predicted molar refractivity (Wildman–Crippen MR) is 86.1 cm³/mol. The first-order valence-electron chi connectivity index (χ1n) is 7.40. The van der Waals surface area contributed by atoms with Gasteiger partial charge >= 0.3 is 0 Å². The van der Waals surface area contributed by atoms with Crippen molar-refractivity contribution in [1.82, 2.24) is 10.0 Å². The Morgan fingerprint density at radius 3 is 2.76 bits per heavy atom. The van der Waals surface area contributed by atoms with E-state index in [4.69, 9.17) is 4.42 Å². The zero-order valence-electron chi connectivity index (χ0n) is 12.6. The second-order valence-electron chi connectivity index (χ2n) is 5.32. The Morgan fingerprint density at radius 2 is 2.10 bits per heavy atom. The van der Waals surface area contributed by atoms with E-state index in [1.165, 1.54) is 0 Å². The third kappa shape index (κ3) is 4.74. The van der Waals surface area contributed by atoms with Crippen molar-refractivity contribution in [1.29, 1.82) is 0 Å². The molecule has 2 N–H and O–H groups in total. The lowest BCUT2D eigenvalue weighted by Gasteiger charge is -2.21. The average molecular weight is 332 g/mol. The highest BCUT2D eigenvalue weighted by atomic mass is 32.2. The molecular weight excluding hydrogens is 308 g/mol. The zero-order valence-corrected chi connectivity index (χ0v) is 14.3. The van der Waals surface area contributed by atoms with E-state index in [1.807, 2.05) is 18.7 Å². The Morgan fingerprint density at radius 1 is 1.38 bits per heavy atom. The van der Waals surface area contributed by atoms with E-state index in [0.29, 0.717) is 30.5 Å². The summed E-state index contributed by atoms with van der Waals surface area (Å²) < 4.78 is 33.0. The first kappa shape index (κ1) is 16.9. The number of furan rings is 1. The number of aryl methyl sites for hydroxylation is 1. The molecule has 1 aromatic heterocycles. The molecule has 0 atom stereocenters. The molecule has 7 heteroatoms. The van der Waals surface area contributed by atoms with Gasteiger partial charge in [-0.3, -0.25) is 0 Å². The summed E-state index contributed by atoms with van der Waals surface area (Å²) in [5.74, 6) is 3.82. The van der Waals surface area contributed by atoms with E-state index >= 15 is 0 Å². The first-order valence-corrected chi connectivity index (χ1v) is 10.0. The second kappa shape index (κ2) is 7.67. The summed E-state index contributed by atoms with van der Waals surface area (Å²) in [4.78, 5) is 0.264. The third-order valence-electron chi connectivity index (χ3n) is 3.66. The number of hydrogen-bond acceptors (Lipinski definition) is 5. The molecule has 1 aliphatic rings. The molecule has 1 aliphatic heterocycles. The zero-order chi connectivity index (χ0) is 15.3. The second-order valence-corrected chi connectivity index (χ2v) is 8.28. The van der Waals surface area contributed by atoms with Gasteiger partial charge in [0.05, 0.1) is 6.54 Å². The molecule has 21 heavy (non-hydrogen) atoms. The molecule has 120 valence electrons. The molecule has 1 saturated heterocycles. The number of sulfonamides is 1. The molecule has 0 bridgehead atoms. The smallest absolute Gasteiger partial charge is 0.244 e. The van der Waals surface area contributed by atoms with Crippen LogP contribution in [0.4, 0.5) is 0 Å². The molecule has 2 rings (SSSR count). The largest absolute Gasteiger partial charge is 0.464 e. The fourth-order valence-corrected chi connectivity index (χ4v) is 4.90. The maximum atomic E-state index is 12.4. The van der Waals surface area contributed by atoms with Crippen molar-refractivity contribution < 1.29 is 12.8 Å². The Bertz CT molecular complexity index is 549. The van der Waals surface area contributed by atoms with Crippen LogP contribution in [-0.4, -0.2) is 33.0 Å². The Kier molecular flexibility index (Phi) is 6.16. The number of hydrogen-bond donors (Lipinski definition) is 2. The van der Waals surface area contributed by atoms with Crippen molar-refractivity contribution in [2.45, 2.75) is 38.1 Å². The quantitative estimate of drug-likeness (QED) is 0.800. The Hall–Kier alpha value is -0.500. The van der Waals surface area contributed by atoms with Crippen LogP contribution in [0, 0.1) is 12.8 Å². The summed E-state index contributed by atoms with van der Waals surface area (Å²) in [7, 11) is -3.47. The van der Waals surface area contributed by atoms with E-state index in [1.54, 1.807) is 13.0 Å². The van der Waals surface area contributed by atoms with Gasteiger partial charge in [-0.25, -0.2) is 13.1 Å². The minimum Gasteiger partial charge on any atom is -0.464 e. The summed E-state index contributed by atoms with van der Waals surface area (Å²) in [5, 5.41) is 3.13. The highest BCUT2D eigenvalue weighted by molar-refractivity contribution is 7.99. The van der Waals surface area contributed by atoms with Crippen molar-refractivity contribution in [2.24, 2.45) is 5.92 Å². The summed E-state index contributed by atoms with van der Waals surface area (Å²) in [5.41, 5.74) is 0. The fraction of sp³-hybridized carbons (Fsp3) is 0.714. The molecule has 0 saturated carbocycles. The van der Waals surface area contributed by atoms with Gasteiger partial charge in [0.2, 0.25) is 10.0 Å². The van der Waals surface area contributed by atoms with Gasteiger partial charge in [-0.1, -0.05) is 6.92 Å². The lowest BCUT2D eigenvalue weighted by Crippen LogP contribution is -2.31. The van der Waals surface area contributed by atoms with Crippen LogP contribution in [0.5, 0.6) is 0 Å². The van der Waals surface area contributed by atoms with Gasteiger partial charge in [0, 0.05) is 12.6 Å². The molecule has 5 nitrogen and oxygen atoms in total. The molecule has 0 unspecified atom stereocenters. The van der Waals surface area contributed by atoms with Gasteiger partial charge in [0.15, 0.2) is 0 Å². The minimum absolute atomic E-state index is 0.264. The van der Waals surface area contributed by atoms with Crippen molar-refractivity contribution in [3.8, 4) is 0 Å². The molecule has 0 spiro atoms. The molecule has 0 amide bonds. The Balaban J connectivity index is 1.99. The molecular formula is C14H24N2O3S2. The monoisotopic (exact) mass is 332 g/mol. The van der Waals surface area contributed by atoms with Crippen LogP contribution in [0.1, 0.15) is 31.3 Å². The van der Waals surface area contributed by atoms with Gasteiger partial charge < -0.3 is 9.73 Å². The van der Waals surface area contributed by atoms with E-state index in [0.717, 1.165) is 30.9 Å². The normalized spacial score (nSPS) is 17.2. The number of thioether (sulfide) groups is 1. The van der Waals surface area contributed by atoms with Crippen LogP contribution in [0.2, 0.25) is 0 Å². The van der Waals surface area contributed by atoms with Crippen LogP contribution in [0.3, 0.4) is 0 Å². The van der Waals surface area contributed by atoms with Crippen molar-refractivity contribution in [3.63, 3.8) is 0 Å². The van der Waals surface area contributed by atoms with Crippen LogP contribution in [0.25, 0.3) is 0 Å². The van der Waals surface area contributed by atoms with Crippen LogP contribution in [-0.2, 0) is 16.6 Å². The number of rotatable bonds is 7. The first-order chi connectivity index (χ1) is 10.0. The topological polar surface area (TPSA) is 71.3 Å². The van der Waals surface area contributed by atoms with Gasteiger partial charge in [-0.15, -0.1) is 0 Å². The molecule has 0 aromatic carbocycles. The van der Waals surface area contributed by atoms with Crippen LogP contribution >= 0.6 is 11.8 Å². The van der Waals surface area contributed by atoms with E-state index in [9.17, 15) is 8.42 Å².